The Morgan fingerprint density at radius 2 is 1.78 bits per heavy atom. The van der Waals surface area contributed by atoms with Gasteiger partial charge in [-0.1, -0.05) is 12.1 Å². The molecule has 0 aromatic heterocycles. The van der Waals surface area contributed by atoms with Gasteiger partial charge in [-0.3, -0.25) is 0 Å². The van der Waals surface area contributed by atoms with Crippen molar-refractivity contribution in [3.63, 3.8) is 0 Å². The van der Waals surface area contributed by atoms with Crippen molar-refractivity contribution in [2.75, 3.05) is 13.9 Å². The number of carboxylic acid groups (broad SMARTS) is 1. The van der Waals surface area contributed by atoms with E-state index in [0.29, 0.717) is 11.3 Å². The molecule has 1 amide bonds. The normalized spacial score (nSPS) is 11.8. The van der Waals surface area contributed by atoms with Crippen molar-refractivity contribution in [2.24, 2.45) is 0 Å². The summed E-state index contributed by atoms with van der Waals surface area (Å²) in [5.74, 6) is -0.920. The third kappa shape index (κ3) is 8.22. The number of methoxy groups -OCH3 is 1. The van der Waals surface area contributed by atoms with E-state index >= 15 is 0 Å². The molecule has 0 radical (unpaired) electrons. The van der Waals surface area contributed by atoms with Crippen molar-refractivity contribution in [2.45, 2.75) is 32.4 Å². The molecule has 0 aliphatic carbocycles. The number of ether oxygens (including phenoxy) is 3. The predicted octanol–water partition coefficient (Wildman–Crippen LogP) is -2.01. The van der Waals surface area contributed by atoms with Gasteiger partial charge >= 0.3 is 35.7 Å². The first-order valence-electron chi connectivity index (χ1n) is 6.65. The van der Waals surface area contributed by atoms with Crippen molar-refractivity contribution in [3.05, 3.63) is 29.8 Å². The number of aliphatic carboxylic acids is 1. The molecule has 0 aliphatic rings. The Morgan fingerprint density at radius 1 is 1.22 bits per heavy atom. The predicted molar refractivity (Wildman–Crippen MR) is 76.1 cm³/mol. The molecule has 0 bridgehead atoms. The zero-order valence-corrected chi connectivity index (χ0v) is 16.0. The zero-order valence-electron chi connectivity index (χ0n) is 14.0. The van der Waals surface area contributed by atoms with Crippen molar-refractivity contribution in [1.29, 1.82) is 0 Å². The van der Waals surface area contributed by atoms with Crippen LogP contribution in [0.5, 0.6) is 5.75 Å². The van der Waals surface area contributed by atoms with E-state index in [-0.39, 0.29) is 36.4 Å². The van der Waals surface area contributed by atoms with Crippen LogP contribution in [0.4, 0.5) is 4.79 Å². The summed E-state index contributed by atoms with van der Waals surface area (Å²) in [5.41, 5.74) is -0.381. The fraction of sp³-hybridized carbons (Fsp3) is 0.467. The van der Waals surface area contributed by atoms with Gasteiger partial charge in [0.15, 0.2) is 6.79 Å². The van der Waals surface area contributed by atoms with Gasteiger partial charge in [0.25, 0.3) is 0 Å². The van der Waals surface area contributed by atoms with Gasteiger partial charge in [0.05, 0.1) is 12.0 Å². The molecular weight excluding hydrogens is 313 g/mol. The number of alkyl carbamates (subject to hydrolysis) is 1. The maximum absolute atomic E-state index is 11.7. The average molecular weight is 333 g/mol. The Kier molecular flexibility index (Phi) is 9.23. The van der Waals surface area contributed by atoms with Crippen molar-refractivity contribution >= 4 is 12.1 Å². The number of carbonyl (C=O) groups is 2. The molecule has 0 saturated carbocycles. The van der Waals surface area contributed by atoms with Gasteiger partial charge in [-0.15, -0.1) is 0 Å². The summed E-state index contributed by atoms with van der Waals surface area (Å²) in [6, 6.07) is 4.86. The van der Waals surface area contributed by atoms with E-state index in [1.165, 1.54) is 19.2 Å². The maximum atomic E-state index is 11.7. The molecule has 0 saturated heterocycles. The molecule has 1 atom stereocenters. The van der Waals surface area contributed by atoms with Crippen LogP contribution in [0.3, 0.4) is 0 Å². The van der Waals surface area contributed by atoms with E-state index in [4.69, 9.17) is 14.2 Å². The topological polar surface area (TPSA) is 96.9 Å². The Bertz CT molecular complexity index is 512. The number of amides is 1. The zero-order chi connectivity index (χ0) is 16.8. The quantitative estimate of drug-likeness (QED) is 0.477. The fourth-order valence-corrected chi connectivity index (χ4v) is 1.59. The summed E-state index contributed by atoms with van der Waals surface area (Å²) in [4.78, 5) is 22.9. The first kappa shape index (κ1) is 21.7. The summed E-state index contributed by atoms with van der Waals surface area (Å²) in [6.45, 7) is 5.13. The van der Waals surface area contributed by atoms with E-state index in [0.717, 1.165) is 0 Å². The maximum Gasteiger partial charge on any atom is 1.00 e. The van der Waals surface area contributed by atoms with Gasteiger partial charge in [-0.2, -0.15) is 0 Å². The number of carboxylic acids is 1. The first-order chi connectivity index (χ1) is 10.2. The van der Waals surface area contributed by atoms with E-state index < -0.39 is 23.7 Å². The van der Waals surface area contributed by atoms with Crippen LogP contribution in [0, 0.1) is 0 Å². The Balaban J connectivity index is 0.00000484. The molecule has 0 heterocycles. The van der Waals surface area contributed by atoms with E-state index in [1.54, 1.807) is 32.9 Å². The Morgan fingerprint density at radius 3 is 2.22 bits per heavy atom. The largest absolute Gasteiger partial charge is 1.00 e. The van der Waals surface area contributed by atoms with Crippen molar-refractivity contribution in [3.8, 4) is 5.75 Å². The van der Waals surface area contributed by atoms with Crippen LogP contribution in [0.2, 0.25) is 0 Å². The summed E-state index contributed by atoms with van der Waals surface area (Å²) < 4.78 is 15.0. The van der Waals surface area contributed by atoms with Gasteiger partial charge < -0.3 is 29.4 Å². The van der Waals surface area contributed by atoms with E-state index in [2.05, 4.69) is 5.32 Å². The van der Waals surface area contributed by atoms with Crippen LogP contribution in [-0.2, 0) is 14.3 Å². The third-order valence-electron chi connectivity index (χ3n) is 2.45. The Labute approximate surface area is 157 Å². The summed E-state index contributed by atoms with van der Waals surface area (Å²) in [6.07, 6.45) is -0.832. The second-order valence-corrected chi connectivity index (χ2v) is 5.52. The molecule has 0 fully saturated rings. The molecule has 1 unspecified atom stereocenters. The van der Waals surface area contributed by atoms with Crippen molar-refractivity contribution < 1.29 is 58.5 Å². The number of nitrogens with one attached hydrogen (secondary N) is 1. The molecule has 7 nitrogen and oxygen atoms in total. The molecule has 0 aliphatic heterocycles. The van der Waals surface area contributed by atoms with Crippen molar-refractivity contribution in [1.82, 2.24) is 5.32 Å². The molecular formula is C15H20NNaO6. The van der Waals surface area contributed by atoms with Crippen LogP contribution >= 0.6 is 0 Å². The average Bonchev–Trinajstić information content (AvgIpc) is 2.41. The van der Waals surface area contributed by atoms with Gasteiger partial charge in [0, 0.05) is 7.11 Å². The molecule has 23 heavy (non-hydrogen) atoms. The van der Waals surface area contributed by atoms with Crippen LogP contribution in [0.1, 0.15) is 32.4 Å². The Hall–Kier alpha value is -1.28. The standard InChI is InChI=1S/C15H21NO6.Na/c1-15(2,3)22-14(19)16-12(13(17)18)10-5-7-11(8-6-10)21-9-20-4;/h5-8,12H,9H2,1-4H3,(H,16,19)(H,17,18);/q;+1/p-1. The van der Waals surface area contributed by atoms with Crippen LogP contribution in [0.25, 0.3) is 0 Å². The molecule has 0 spiro atoms. The summed E-state index contributed by atoms with van der Waals surface area (Å²) in [5, 5.41) is 13.5. The SMILES string of the molecule is COCOc1ccc(C(NC(=O)OC(C)(C)C)C(=O)[O-])cc1.[Na+]. The molecule has 1 rings (SSSR count). The van der Waals surface area contributed by atoms with Gasteiger partial charge in [-0.05, 0) is 38.5 Å². The summed E-state index contributed by atoms with van der Waals surface area (Å²) in [7, 11) is 1.49. The minimum absolute atomic E-state index is 0. The van der Waals surface area contributed by atoms with Gasteiger partial charge in [0.1, 0.15) is 11.4 Å². The van der Waals surface area contributed by atoms with E-state index in [1.807, 2.05) is 0 Å². The van der Waals surface area contributed by atoms with Gasteiger partial charge in [-0.25, -0.2) is 4.79 Å². The number of hydrogen-bond acceptors (Lipinski definition) is 6. The molecule has 8 heteroatoms. The second-order valence-electron chi connectivity index (χ2n) is 5.52. The molecule has 1 aromatic rings. The van der Waals surface area contributed by atoms with Crippen LogP contribution < -0.4 is 44.7 Å². The van der Waals surface area contributed by atoms with Crippen LogP contribution in [0.15, 0.2) is 24.3 Å². The number of benzene rings is 1. The number of carbonyl (C=O) groups excluding carboxylic acids is 2. The number of hydrogen-bond donors (Lipinski definition) is 1. The summed E-state index contributed by atoms with van der Waals surface area (Å²) >= 11 is 0. The van der Waals surface area contributed by atoms with Gasteiger partial charge in [0.2, 0.25) is 0 Å². The fourth-order valence-electron chi connectivity index (χ4n) is 1.59. The first-order valence-corrected chi connectivity index (χ1v) is 6.65. The monoisotopic (exact) mass is 333 g/mol. The smallest absolute Gasteiger partial charge is 0.548 e. The minimum Gasteiger partial charge on any atom is -0.548 e. The minimum atomic E-state index is -1.43. The third-order valence-corrected chi connectivity index (χ3v) is 2.45. The number of rotatable bonds is 6. The van der Waals surface area contributed by atoms with E-state index in [9.17, 15) is 14.7 Å². The molecule has 122 valence electrons. The molecule has 1 N–H and O–H groups in total. The second kappa shape index (κ2) is 9.77. The van der Waals surface area contributed by atoms with Crippen LogP contribution in [-0.4, -0.2) is 31.6 Å². The molecule has 1 aromatic carbocycles.